The Morgan fingerprint density at radius 1 is 1.17 bits per heavy atom. The molecule has 0 saturated carbocycles. The van der Waals surface area contributed by atoms with Crippen LogP contribution in [0.5, 0.6) is 0 Å². The van der Waals surface area contributed by atoms with Gasteiger partial charge in [-0.05, 0) is 30.9 Å². The topological polar surface area (TPSA) is 42.0 Å². The van der Waals surface area contributed by atoms with E-state index in [1.54, 1.807) is 0 Å². The number of benzene rings is 2. The first kappa shape index (κ1) is 16.7. The van der Waals surface area contributed by atoms with E-state index in [9.17, 15) is 4.79 Å². The summed E-state index contributed by atoms with van der Waals surface area (Å²) >= 11 is 3.59. The van der Waals surface area contributed by atoms with Crippen molar-refractivity contribution < 1.29 is 4.79 Å². The van der Waals surface area contributed by atoms with Crippen molar-refractivity contribution in [3.8, 4) is 11.3 Å². The van der Waals surface area contributed by atoms with Crippen LogP contribution in [0, 0.1) is 0 Å². The third kappa shape index (κ3) is 3.34. The molecule has 1 atom stereocenters. The maximum absolute atomic E-state index is 12.5. The van der Waals surface area contributed by atoms with Gasteiger partial charge in [0.2, 0.25) is 0 Å². The maximum atomic E-state index is 12.5. The van der Waals surface area contributed by atoms with Crippen molar-refractivity contribution in [2.45, 2.75) is 26.3 Å². The van der Waals surface area contributed by atoms with Gasteiger partial charge in [0, 0.05) is 21.5 Å². The summed E-state index contributed by atoms with van der Waals surface area (Å²) in [6.45, 7) is 4.04. The average molecular weight is 383 g/mol. The van der Waals surface area contributed by atoms with E-state index >= 15 is 0 Å². The Morgan fingerprint density at radius 3 is 2.62 bits per heavy atom. The van der Waals surface area contributed by atoms with Crippen LogP contribution < -0.4 is 5.32 Å². The Morgan fingerprint density at radius 2 is 1.88 bits per heavy atom. The van der Waals surface area contributed by atoms with Crippen LogP contribution >= 0.6 is 15.9 Å². The molecule has 3 rings (SSSR count). The number of fused-ring (bicyclic) bond motifs is 1. The van der Waals surface area contributed by atoms with Crippen molar-refractivity contribution in [2.75, 3.05) is 0 Å². The second kappa shape index (κ2) is 7.14. The molecule has 0 fully saturated rings. The normalized spacial score (nSPS) is 12.1. The molecule has 0 aliphatic rings. The molecule has 3 nitrogen and oxygen atoms in total. The molecule has 0 spiro atoms. The minimum atomic E-state index is -0.136. The summed E-state index contributed by atoms with van der Waals surface area (Å²) in [5, 5.41) is 5.03. The van der Waals surface area contributed by atoms with Crippen LogP contribution in [-0.4, -0.2) is 16.9 Å². The Bertz CT molecular complexity index is 892. The highest BCUT2D eigenvalue weighted by Crippen LogP contribution is 2.32. The van der Waals surface area contributed by atoms with Crippen LogP contribution in [0.4, 0.5) is 0 Å². The number of hydrogen-bond donors (Lipinski definition) is 1. The Labute approximate surface area is 150 Å². The zero-order chi connectivity index (χ0) is 17.1. The van der Waals surface area contributed by atoms with E-state index in [0.29, 0.717) is 5.69 Å². The van der Waals surface area contributed by atoms with Crippen molar-refractivity contribution in [2.24, 2.45) is 0 Å². The molecule has 0 saturated heterocycles. The Kier molecular flexibility index (Phi) is 4.95. The summed E-state index contributed by atoms with van der Waals surface area (Å²) in [6.07, 6.45) is 0.885. The maximum Gasteiger partial charge on any atom is 0.270 e. The second-order valence-electron chi connectivity index (χ2n) is 5.84. The molecular weight excluding hydrogens is 364 g/mol. The molecule has 1 N–H and O–H groups in total. The number of carbonyl (C=O) groups excluding carboxylic acids is 1. The van der Waals surface area contributed by atoms with E-state index in [1.165, 1.54) is 0 Å². The fraction of sp³-hybridized carbons (Fsp3) is 0.200. The van der Waals surface area contributed by atoms with Gasteiger partial charge >= 0.3 is 0 Å². The molecule has 122 valence electrons. The van der Waals surface area contributed by atoms with Gasteiger partial charge in [-0.15, -0.1) is 0 Å². The minimum absolute atomic E-state index is 0.123. The van der Waals surface area contributed by atoms with Crippen LogP contribution in [0.25, 0.3) is 22.0 Å². The van der Waals surface area contributed by atoms with Gasteiger partial charge in [-0.25, -0.2) is 4.98 Å². The Hall–Kier alpha value is -2.20. The summed E-state index contributed by atoms with van der Waals surface area (Å²) in [5.74, 6) is -0.136. The van der Waals surface area contributed by atoms with Gasteiger partial charge in [0.1, 0.15) is 5.69 Å². The van der Waals surface area contributed by atoms with E-state index in [0.717, 1.165) is 32.9 Å². The lowest BCUT2D eigenvalue weighted by molar-refractivity contribution is 0.0934. The number of carbonyl (C=O) groups is 1. The first-order valence-electron chi connectivity index (χ1n) is 8.05. The number of rotatable bonds is 4. The lowest BCUT2D eigenvalue weighted by Gasteiger charge is -2.14. The first-order chi connectivity index (χ1) is 11.6. The van der Waals surface area contributed by atoms with Crippen molar-refractivity contribution >= 4 is 32.6 Å². The molecule has 0 radical (unpaired) electrons. The molecule has 3 aromatic rings. The molecule has 0 aliphatic carbocycles. The van der Waals surface area contributed by atoms with Gasteiger partial charge in [-0.2, -0.15) is 0 Å². The lowest BCUT2D eigenvalue weighted by Crippen LogP contribution is -2.32. The molecule has 1 amide bonds. The molecule has 2 aromatic carbocycles. The van der Waals surface area contributed by atoms with E-state index in [2.05, 4.69) is 26.2 Å². The van der Waals surface area contributed by atoms with Crippen LogP contribution in [0.1, 0.15) is 30.8 Å². The highest BCUT2D eigenvalue weighted by atomic mass is 79.9. The van der Waals surface area contributed by atoms with Crippen LogP contribution in [-0.2, 0) is 0 Å². The molecule has 0 aliphatic heterocycles. The molecule has 24 heavy (non-hydrogen) atoms. The standard InChI is InChI=1S/C20H19BrN2O/c1-3-13(2)22-20(24)18-12-14-8-4-5-9-15(14)19(23-18)16-10-6-7-11-17(16)21/h4-13H,3H2,1-2H3,(H,22,24)/t13-/m1/s1. The number of pyridine rings is 1. The van der Waals surface area contributed by atoms with Crippen LogP contribution in [0.3, 0.4) is 0 Å². The number of nitrogens with zero attached hydrogens (tertiary/aromatic N) is 1. The van der Waals surface area contributed by atoms with Gasteiger partial charge in [0.25, 0.3) is 5.91 Å². The van der Waals surface area contributed by atoms with E-state index in [-0.39, 0.29) is 11.9 Å². The zero-order valence-corrected chi connectivity index (χ0v) is 15.3. The van der Waals surface area contributed by atoms with Gasteiger partial charge in [0.05, 0.1) is 5.69 Å². The molecule has 1 heterocycles. The number of amides is 1. The molecular formula is C20H19BrN2O. The molecule has 0 bridgehead atoms. The third-order valence-corrected chi connectivity index (χ3v) is 4.78. The summed E-state index contributed by atoms with van der Waals surface area (Å²) < 4.78 is 0.960. The summed E-state index contributed by atoms with van der Waals surface area (Å²) in [5.41, 5.74) is 2.24. The van der Waals surface area contributed by atoms with E-state index in [4.69, 9.17) is 0 Å². The van der Waals surface area contributed by atoms with Crippen molar-refractivity contribution in [1.29, 1.82) is 0 Å². The van der Waals surface area contributed by atoms with E-state index in [1.807, 2.05) is 68.4 Å². The number of halogens is 1. The van der Waals surface area contributed by atoms with Crippen LogP contribution in [0.15, 0.2) is 59.1 Å². The van der Waals surface area contributed by atoms with Crippen molar-refractivity contribution in [3.63, 3.8) is 0 Å². The SMILES string of the molecule is CC[C@@H](C)NC(=O)c1cc2ccccc2c(-c2ccccc2Br)n1. The smallest absolute Gasteiger partial charge is 0.270 e. The highest BCUT2D eigenvalue weighted by molar-refractivity contribution is 9.10. The fourth-order valence-electron chi connectivity index (χ4n) is 2.57. The zero-order valence-electron chi connectivity index (χ0n) is 13.7. The third-order valence-electron chi connectivity index (χ3n) is 4.09. The molecule has 0 unspecified atom stereocenters. The summed E-state index contributed by atoms with van der Waals surface area (Å²) in [4.78, 5) is 17.2. The minimum Gasteiger partial charge on any atom is -0.348 e. The highest BCUT2D eigenvalue weighted by Gasteiger charge is 2.15. The molecule has 4 heteroatoms. The summed E-state index contributed by atoms with van der Waals surface area (Å²) in [7, 11) is 0. The van der Waals surface area contributed by atoms with Crippen molar-refractivity contribution in [3.05, 3.63) is 64.8 Å². The quantitative estimate of drug-likeness (QED) is 0.674. The predicted molar refractivity (Wildman–Crippen MR) is 102 cm³/mol. The van der Waals surface area contributed by atoms with Gasteiger partial charge < -0.3 is 5.32 Å². The average Bonchev–Trinajstić information content (AvgIpc) is 2.61. The predicted octanol–water partition coefficient (Wildman–Crippen LogP) is 5.19. The van der Waals surface area contributed by atoms with Crippen molar-refractivity contribution in [1.82, 2.24) is 10.3 Å². The number of nitrogens with one attached hydrogen (secondary N) is 1. The first-order valence-corrected chi connectivity index (χ1v) is 8.85. The molecule has 1 aromatic heterocycles. The summed E-state index contributed by atoms with van der Waals surface area (Å²) in [6, 6.07) is 17.9. The largest absolute Gasteiger partial charge is 0.348 e. The van der Waals surface area contributed by atoms with Gasteiger partial charge in [0.15, 0.2) is 0 Å². The fourth-order valence-corrected chi connectivity index (χ4v) is 3.05. The lowest BCUT2D eigenvalue weighted by atomic mass is 10.0. The number of aromatic nitrogens is 1. The number of hydrogen-bond acceptors (Lipinski definition) is 2. The van der Waals surface area contributed by atoms with Crippen LogP contribution in [0.2, 0.25) is 0 Å². The Balaban J connectivity index is 2.17. The van der Waals surface area contributed by atoms with E-state index < -0.39 is 0 Å². The van der Waals surface area contributed by atoms with Gasteiger partial charge in [-0.3, -0.25) is 4.79 Å². The monoisotopic (exact) mass is 382 g/mol. The second-order valence-corrected chi connectivity index (χ2v) is 6.69. The van der Waals surface area contributed by atoms with Gasteiger partial charge in [-0.1, -0.05) is 65.3 Å².